The highest BCUT2D eigenvalue weighted by atomic mass is 16.7. The van der Waals surface area contributed by atoms with Crippen LogP contribution in [0.25, 0.3) is 0 Å². The van der Waals surface area contributed by atoms with Crippen LogP contribution in [0, 0.1) is 0 Å². The second kappa shape index (κ2) is 3.87. The maximum atomic E-state index is 5.72. The topological polar surface area (TPSA) is 36.9 Å². The molecule has 0 saturated carbocycles. The lowest BCUT2D eigenvalue weighted by molar-refractivity contribution is -0.180. The van der Waals surface area contributed by atoms with Gasteiger partial charge in [0.25, 0.3) is 0 Å². The van der Waals surface area contributed by atoms with Gasteiger partial charge in [-0.05, 0) is 0 Å². The molecule has 88 valence electrons. The first-order valence-corrected chi connectivity index (χ1v) is 5.13. The molecule has 0 amide bonds. The fraction of sp³-hybridized carbons (Fsp3) is 0.500. The van der Waals surface area contributed by atoms with E-state index in [9.17, 15) is 0 Å². The first-order chi connectivity index (χ1) is 7.55. The molecule has 0 spiro atoms. The molecule has 4 heteroatoms. The van der Waals surface area contributed by atoms with Crippen LogP contribution in [0.15, 0.2) is 12.1 Å². The molecular formula is C12H16O4. The third kappa shape index (κ3) is 1.93. The first kappa shape index (κ1) is 11.1. The normalized spacial score (nSPS) is 17.2. The molecule has 0 aliphatic carbocycles. The van der Waals surface area contributed by atoms with E-state index in [0.717, 1.165) is 17.1 Å². The van der Waals surface area contributed by atoms with Gasteiger partial charge in [-0.25, -0.2) is 0 Å². The Morgan fingerprint density at radius 2 is 1.94 bits per heavy atom. The summed E-state index contributed by atoms with van der Waals surface area (Å²) in [5, 5.41) is 0. The predicted molar refractivity (Wildman–Crippen MR) is 59.0 cm³/mol. The number of rotatable bonds is 2. The van der Waals surface area contributed by atoms with E-state index in [0.29, 0.717) is 12.4 Å². The summed E-state index contributed by atoms with van der Waals surface area (Å²) in [5.41, 5.74) is 0.919. The zero-order chi connectivity index (χ0) is 11.8. The van der Waals surface area contributed by atoms with Crippen LogP contribution in [-0.2, 0) is 11.3 Å². The molecule has 1 heterocycles. The van der Waals surface area contributed by atoms with Gasteiger partial charge in [0.05, 0.1) is 26.4 Å². The summed E-state index contributed by atoms with van der Waals surface area (Å²) in [6, 6.07) is 3.67. The standard InChI is InChI=1S/C12H16O4/c1-12(2)15-7-9-10(14-4)5-8(13-3)6-11(9)16-12/h5-6H,7H2,1-4H3. The summed E-state index contributed by atoms with van der Waals surface area (Å²) >= 11 is 0. The number of ether oxygens (including phenoxy) is 4. The maximum absolute atomic E-state index is 5.72. The Balaban J connectivity index is 2.46. The Labute approximate surface area is 95.1 Å². The van der Waals surface area contributed by atoms with E-state index in [2.05, 4.69) is 0 Å². The van der Waals surface area contributed by atoms with Gasteiger partial charge < -0.3 is 18.9 Å². The maximum Gasteiger partial charge on any atom is 0.205 e. The van der Waals surface area contributed by atoms with Crippen molar-refractivity contribution < 1.29 is 18.9 Å². The average Bonchev–Trinajstić information content (AvgIpc) is 2.25. The molecule has 0 radical (unpaired) electrons. The second-order valence-corrected chi connectivity index (χ2v) is 4.10. The van der Waals surface area contributed by atoms with E-state index in [4.69, 9.17) is 18.9 Å². The van der Waals surface area contributed by atoms with Crippen molar-refractivity contribution in [3.8, 4) is 17.2 Å². The number of hydrogen-bond acceptors (Lipinski definition) is 4. The van der Waals surface area contributed by atoms with Gasteiger partial charge in [-0.2, -0.15) is 0 Å². The molecule has 2 rings (SSSR count). The highest BCUT2D eigenvalue weighted by Gasteiger charge is 2.29. The minimum absolute atomic E-state index is 0.482. The van der Waals surface area contributed by atoms with Crippen molar-refractivity contribution >= 4 is 0 Å². The Hall–Kier alpha value is -1.42. The molecule has 0 N–H and O–H groups in total. The fourth-order valence-electron chi connectivity index (χ4n) is 1.67. The summed E-state index contributed by atoms with van der Waals surface area (Å²) in [6.45, 7) is 4.24. The lowest BCUT2D eigenvalue weighted by atomic mass is 10.1. The molecular weight excluding hydrogens is 208 g/mol. The molecule has 0 fully saturated rings. The first-order valence-electron chi connectivity index (χ1n) is 5.13. The summed E-state index contributed by atoms with van der Waals surface area (Å²) in [7, 11) is 3.24. The van der Waals surface area contributed by atoms with E-state index in [-0.39, 0.29) is 0 Å². The SMILES string of the molecule is COc1cc(OC)c2c(c1)OC(C)(C)OC2. The van der Waals surface area contributed by atoms with Crippen LogP contribution in [0.1, 0.15) is 19.4 Å². The van der Waals surface area contributed by atoms with E-state index >= 15 is 0 Å². The van der Waals surface area contributed by atoms with Gasteiger partial charge in [-0.1, -0.05) is 0 Å². The number of hydrogen-bond donors (Lipinski definition) is 0. The van der Waals surface area contributed by atoms with Crippen molar-refractivity contribution in [2.24, 2.45) is 0 Å². The van der Waals surface area contributed by atoms with E-state index in [1.165, 1.54) is 0 Å². The Morgan fingerprint density at radius 3 is 2.56 bits per heavy atom. The van der Waals surface area contributed by atoms with Gasteiger partial charge in [0.2, 0.25) is 5.79 Å². The van der Waals surface area contributed by atoms with E-state index in [1.807, 2.05) is 26.0 Å². The van der Waals surface area contributed by atoms with Crippen LogP contribution in [0.3, 0.4) is 0 Å². The zero-order valence-corrected chi connectivity index (χ0v) is 9.99. The molecule has 4 nitrogen and oxygen atoms in total. The van der Waals surface area contributed by atoms with Crippen molar-refractivity contribution in [1.29, 1.82) is 0 Å². The highest BCUT2D eigenvalue weighted by molar-refractivity contribution is 5.51. The van der Waals surface area contributed by atoms with E-state index < -0.39 is 5.79 Å². The van der Waals surface area contributed by atoms with E-state index in [1.54, 1.807) is 14.2 Å². The van der Waals surface area contributed by atoms with Crippen molar-refractivity contribution in [2.45, 2.75) is 26.2 Å². The minimum atomic E-state index is -0.607. The molecule has 16 heavy (non-hydrogen) atoms. The van der Waals surface area contributed by atoms with Crippen LogP contribution >= 0.6 is 0 Å². The second-order valence-electron chi connectivity index (χ2n) is 4.10. The monoisotopic (exact) mass is 224 g/mol. The zero-order valence-electron chi connectivity index (χ0n) is 9.99. The Kier molecular flexibility index (Phi) is 2.68. The smallest absolute Gasteiger partial charge is 0.205 e. The van der Waals surface area contributed by atoms with Crippen molar-refractivity contribution in [3.05, 3.63) is 17.7 Å². The fourth-order valence-corrected chi connectivity index (χ4v) is 1.67. The molecule has 1 aliphatic rings. The molecule has 0 unspecified atom stereocenters. The largest absolute Gasteiger partial charge is 0.496 e. The van der Waals surface area contributed by atoms with Crippen molar-refractivity contribution in [1.82, 2.24) is 0 Å². The summed E-state index contributed by atoms with van der Waals surface area (Å²) < 4.78 is 21.8. The molecule has 1 aromatic rings. The number of benzene rings is 1. The van der Waals surface area contributed by atoms with Gasteiger partial charge in [0.15, 0.2) is 0 Å². The van der Waals surface area contributed by atoms with Gasteiger partial charge in [-0.3, -0.25) is 0 Å². The molecule has 1 aliphatic heterocycles. The van der Waals surface area contributed by atoms with Gasteiger partial charge >= 0.3 is 0 Å². The lowest BCUT2D eigenvalue weighted by Crippen LogP contribution is -2.35. The quantitative estimate of drug-likeness (QED) is 0.772. The molecule has 0 atom stereocenters. The number of methoxy groups -OCH3 is 2. The van der Waals surface area contributed by atoms with Crippen LogP contribution < -0.4 is 14.2 Å². The van der Waals surface area contributed by atoms with Crippen molar-refractivity contribution in [2.75, 3.05) is 14.2 Å². The Morgan fingerprint density at radius 1 is 1.19 bits per heavy atom. The van der Waals surface area contributed by atoms with Crippen LogP contribution in [0.5, 0.6) is 17.2 Å². The average molecular weight is 224 g/mol. The molecule has 0 aromatic heterocycles. The summed E-state index contributed by atoms with van der Waals surface area (Å²) in [4.78, 5) is 0. The lowest BCUT2D eigenvalue weighted by Gasteiger charge is -2.33. The van der Waals surface area contributed by atoms with Gasteiger partial charge in [0, 0.05) is 26.0 Å². The third-order valence-electron chi connectivity index (χ3n) is 2.52. The summed E-state index contributed by atoms with van der Waals surface area (Å²) in [5.74, 6) is 1.59. The van der Waals surface area contributed by atoms with Gasteiger partial charge in [0.1, 0.15) is 17.2 Å². The summed E-state index contributed by atoms with van der Waals surface area (Å²) in [6.07, 6.45) is 0. The molecule has 0 saturated heterocycles. The minimum Gasteiger partial charge on any atom is -0.496 e. The Bertz CT molecular complexity index is 398. The van der Waals surface area contributed by atoms with Crippen LogP contribution in [-0.4, -0.2) is 20.0 Å². The van der Waals surface area contributed by atoms with Crippen LogP contribution in [0.4, 0.5) is 0 Å². The molecule has 1 aromatic carbocycles. The third-order valence-corrected chi connectivity index (χ3v) is 2.52. The predicted octanol–water partition coefficient (Wildman–Crippen LogP) is 2.35. The molecule has 0 bridgehead atoms. The van der Waals surface area contributed by atoms with Crippen LogP contribution in [0.2, 0.25) is 0 Å². The number of fused-ring (bicyclic) bond motifs is 1. The van der Waals surface area contributed by atoms with Crippen molar-refractivity contribution in [3.63, 3.8) is 0 Å². The van der Waals surface area contributed by atoms with Gasteiger partial charge in [-0.15, -0.1) is 0 Å². The highest BCUT2D eigenvalue weighted by Crippen LogP contribution is 2.40.